The van der Waals surface area contributed by atoms with E-state index < -0.39 is 10.0 Å². The molecule has 0 saturated carbocycles. The van der Waals surface area contributed by atoms with E-state index in [2.05, 4.69) is 5.32 Å². The number of hydrogen-bond acceptors (Lipinski definition) is 4. The second-order valence-electron chi connectivity index (χ2n) is 7.32. The third-order valence-corrected chi connectivity index (χ3v) is 7.65. The van der Waals surface area contributed by atoms with Gasteiger partial charge >= 0.3 is 0 Å². The van der Waals surface area contributed by atoms with Gasteiger partial charge in [-0.15, -0.1) is 0 Å². The van der Waals surface area contributed by atoms with Crippen LogP contribution in [0.2, 0.25) is 10.0 Å². The quantitative estimate of drug-likeness (QED) is 0.745. The predicted octanol–water partition coefficient (Wildman–Crippen LogP) is 2.69. The summed E-state index contributed by atoms with van der Waals surface area (Å²) in [6, 6.07) is 1.67. The smallest absolute Gasteiger partial charge is 0.244 e. The van der Waals surface area contributed by atoms with E-state index in [4.69, 9.17) is 23.2 Å². The first-order valence-corrected chi connectivity index (χ1v) is 11.2. The highest BCUT2D eigenvalue weighted by atomic mass is 35.5. The zero-order chi connectivity index (χ0) is 20.4. The van der Waals surface area contributed by atoms with Crippen molar-refractivity contribution >= 4 is 39.1 Å². The monoisotopic (exact) mass is 435 g/mol. The molecular formula is C18H27Cl2N3O3S. The van der Waals surface area contributed by atoms with E-state index in [0.717, 1.165) is 0 Å². The normalized spacial score (nSPS) is 16.7. The highest BCUT2D eigenvalue weighted by Crippen LogP contribution is 2.35. The molecule has 0 unspecified atom stereocenters. The van der Waals surface area contributed by atoms with Crippen LogP contribution in [0.1, 0.15) is 25.0 Å². The fourth-order valence-corrected chi connectivity index (χ4v) is 5.54. The summed E-state index contributed by atoms with van der Waals surface area (Å²) in [4.78, 5) is 14.0. The van der Waals surface area contributed by atoms with Crippen LogP contribution in [-0.2, 0) is 14.8 Å². The molecule has 0 aliphatic carbocycles. The molecule has 1 aliphatic rings. The number of aryl methyl sites for hydroxylation is 1. The third-order valence-electron chi connectivity index (χ3n) is 4.59. The summed E-state index contributed by atoms with van der Waals surface area (Å²) in [6.45, 7) is 9.98. The minimum Gasteiger partial charge on any atom is -0.355 e. The van der Waals surface area contributed by atoms with Crippen molar-refractivity contribution in [3.63, 3.8) is 0 Å². The Labute approximate surface area is 171 Å². The fraction of sp³-hybridized carbons (Fsp3) is 0.611. The summed E-state index contributed by atoms with van der Waals surface area (Å²) < 4.78 is 27.7. The second-order valence-corrected chi connectivity index (χ2v) is 9.98. The SMILES string of the molecule is Cc1cc(Cl)c(C)c(S(=O)(=O)N2CCN(CC(=O)NCC(C)C)CC2)c1Cl. The van der Waals surface area contributed by atoms with E-state index in [1.54, 1.807) is 19.9 Å². The number of carbonyl (C=O) groups excluding carboxylic acids is 1. The molecule has 0 atom stereocenters. The number of sulfonamides is 1. The number of nitrogens with zero attached hydrogens (tertiary/aromatic N) is 2. The lowest BCUT2D eigenvalue weighted by atomic mass is 10.2. The highest BCUT2D eigenvalue weighted by Gasteiger charge is 2.33. The lowest BCUT2D eigenvalue weighted by Crippen LogP contribution is -2.51. The van der Waals surface area contributed by atoms with E-state index in [9.17, 15) is 13.2 Å². The van der Waals surface area contributed by atoms with Crippen molar-refractivity contribution in [3.05, 3.63) is 27.2 Å². The van der Waals surface area contributed by atoms with Crippen molar-refractivity contribution in [2.75, 3.05) is 39.3 Å². The van der Waals surface area contributed by atoms with Gasteiger partial charge < -0.3 is 5.32 Å². The molecule has 1 aromatic rings. The van der Waals surface area contributed by atoms with Crippen LogP contribution in [0, 0.1) is 19.8 Å². The molecule has 9 heteroatoms. The van der Waals surface area contributed by atoms with Crippen LogP contribution in [0.25, 0.3) is 0 Å². The number of rotatable bonds is 6. The van der Waals surface area contributed by atoms with Crippen LogP contribution in [0.5, 0.6) is 0 Å². The van der Waals surface area contributed by atoms with Crippen molar-refractivity contribution in [1.29, 1.82) is 0 Å². The molecule has 0 spiro atoms. The van der Waals surface area contributed by atoms with Crippen molar-refractivity contribution in [2.45, 2.75) is 32.6 Å². The lowest BCUT2D eigenvalue weighted by molar-refractivity contribution is -0.122. The molecule has 1 fully saturated rings. The highest BCUT2D eigenvalue weighted by molar-refractivity contribution is 7.89. The fourth-order valence-electron chi connectivity index (χ4n) is 2.95. The first kappa shape index (κ1) is 22.4. The topological polar surface area (TPSA) is 69.7 Å². The Morgan fingerprint density at radius 3 is 2.33 bits per heavy atom. The Bertz CT molecular complexity index is 778. The van der Waals surface area contributed by atoms with Crippen LogP contribution in [0.3, 0.4) is 0 Å². The van der Waals surface area contributed by atoms with E-state index >= 15 is 0 Å². The Hall–Kier alpha value is -0.860. The number of amides is 1. The summed E-state index contributed by atoms with van der Waals surface area (Å²) in [7, 11) is -3.75. The number of halogens is 2. The molecule has 1 N–H and O–H groups in total. The summed E-state index contributed by atoms with van der Waals surface area (Å²) in [5.74, 6) is 0.356. The van der Waals surface area contributed by atoms with Crippen molar-refractivity contribution < 1.29 is 13.2 Å². The van der Waals surface area contributed by atoms with Gasteiger partial charge in [-0.3, -0.25) is 9.69 Å². The second kappa shape index (κ2) is 9.09. The van der Waals surface area contributed by atoms with E-state index in [-0.39, 0.29) is 22.4 Å². The molecule has 1 saturated heterocycles. The molecule has 1 aromatic carbocycles. The molecule has 1 amide bonds. The van der Waals surface area contributed by atoms with Crippen molar-refractivity contribution in [1.82, 2.24) is 14.5 Å². The van der Waals surface area contributed by atoms with Gasteiger partial charge in [-0.2, -0.15) is 4.31 Å². The Balaban J connectivity index is 2.07. The van der Waals surface area contributed by atoms with Gasteiger partial charge in [-0.05, 0) is 37.0 Å². The Kier molecular flexibility index (Phi) is 7.55. The Morgan fingerprint density at radius 2 is 1.78 bits per heavy atom. The first-order valence-electron chi connectivity index (χ1n) is 8.98. The van der Waals surface area contributed by atoms with Gasteiger partial charge in [0, 0.05) is 37.7 Å². The average molecular weight is 436 g/mol. The van der Waals surface area contributed by atoms with Gasteiger partial charge in [-0.1, -0.05) is 37.0 Å². The van der Waals surface area contributed by atoms with Crippen LogP contribution in [0.4, 0.5) is 0 Å². The summed E-state index contributed by atoms with van der Waals surface area (Å²) in [5.41, 5.74) is 1.09. The van der Waals surface area contributed by atoms with Gasteiger partial charge in [0.1, 0.15) is 4.90 Å². The van der Waals surface area contributed by atoms with Gasteiger partial charge in [0.15, 0.2) is 0 Å². The van der Waals surface area contributed by atoms with Gasteiger partial charge in [0.2, 0.25) is 15.9 Å². The van der Waals surface area contributed by atoms with Gasteiger partial charge in [0.25, 0.3) is 0 Å². The number of benzene rings is 1. The maximum absolute atomic E-state index is 13.1. The van der Waals surface area contributed by atoms with Crippen LogP contribution < -0.4 is 5.32 Å². The minimum absolute atomic E-state index is 0.0376. The molecule has 2 rings (SSSR count). The predicted molar refractivity (Wildman–Crippen MR) is 109 cm³/mol. The van der Waals surface area contributed by atoms with E-state index in [1.165, 1.54) is 4.31 Å². The summed E-state index contributed by atoms with van der Waals surface area (Å²) in [6.07, 6.45) is 0. The molecule has 1 heterocycles. The van der Waals surface area contributed by atoms with Crippen LogP contribution >= 0.6 is 23.2 Å². The molecule has 1 aliphatic heterocycles. The number of carbonyl (C=O) groups is 1. The largest absolute Gasteiger partial charge is 0.355 e. The maximum atomic E-state index is 13.1. The zero-order valence-corrected chi connectivity index (χ0v) is 18.5. The molecule has 27 heavy (non-hydrogen) atoms. The van der Waals surface area contributed by atoms with Gasteiger partial charge in [0.05, 0.1) is 11.6 Å². The van der Waals surface area contributed by atoms with Crippen molar-refractivity contribution in [2.24, 2.45) is 5.92 Å². The summed E-state index contributed by atoms with van der Waals surface area (Å²) >= 11 is 12.5. The maximum Gasteiger partial charge on any atom is 0.244 e. The number of hydrogen-bond donors (Lipinski definition) is 1. The van der Waals surface area contributed by atoms with Gasteiger partial charge in [-0.25, -0.2) is 8.42 Å². The third kappa shape index (κ3) is 5.35. The Morgan fingerprint density at radius 1 is 1.19 bits per heavy atom. The van der Waals surface area contributed by atoms with Crippen molar-refractivity contribution in [3.8, 4) is 0 Å². The van der Waals surface area contributed by atoms with Crippen LogP contribution in [-0.4, -0.2) is 62.8 Å². The van der Waals surface area contributed by atoms with Crippen LogP contribution in [0.15, 0.2) is 11.0 Å². The van der Waals surface area contributed by atoms with E-state index in [0.29, 0.717) is 54.8 Å². The molecule has 152 valence electrons. The number of nitrogens with one attached hydrogen (secondary N) is 1. The summed E-state index contributed by atoms with van der Waals surface area (Å²) in [5, 5.41) is 3.48. The molecule has 0 aromatic heterocycles. The zero-order valence-electron chi connectivity index (χ0n) is 16.2. The molecule has 0 bridgehead atoms. The standard InChI is InChI=1S/C18H27Cl2N3O3S/c1-12(2)10-21-16(24)11-22-5-7-23(8-6-22)27(25,26)18-14(4)15(19)9-13(3)17(18)20/h9,12H,5-8,10-11H2,1-4H3,(H,21,24). The minimum atomic E-state index is -3.75. The van der Waals surface area contributed by atoms with E-state index in [1.807, 2.05) is 18.7 Å². The first-order chi connectivity index (χ1) is 12.5. The lowest BCUT2D eigenvalue weighted by Gasteiger charge is -2.34. The number of piperazine rings is 1. The molecule has 0 radical (unpaired) electrons. The molecule has 6 nitrogen and oxygen atoms in total. The average Bonchev–Trinajstić information content (AvgIpc) is 2.59. The molecular weight excluding hydrogens is 409 g/mol.